The molecule has 27 heavy (non-hydrogen) atoms. The van der Waals surface area contributed by atoms with Crippen molar-refractivity contribution in [2.75, 3.05) is 0 Å². The molecule has 1 amide bonds. The third-order valence-electron chi connectivity index (χ3n) is 4.14. The summed E-state index contributed by atoms with van der Waals surface area (Å²) in [6.45, 7) is 9.23. The molecule has 0 unspecified atom stereocenters. The maximum atomic E-state index is 12.7. The Labute approximate surface area is 164 Å². The van der Waals surface area contributed by atoms with Crippen LogP contribution >= 0.6 is 11.3 Å². The van der Waals surface area contributed by atoms with Gasteiger partial charge in [0.15, 0.2) is 6.10 Å². The molecule has 0 bridgehead atoms. The van der Waals surface area contributed by atoms with Gasteiger partial charge in [0.25, 0.3) is 5.91 Å². The second-order valence-electron chi connectivity index (χ2n) is 6.83. The Hall–Kier alpha value is -2.47. The smallest absolute Gasteiger partial charge is 0.339 e. The van der Waals surface area contributed by atoms with E-state index in [9.17, 15) is 14.4 Å². The molecule has 2 aromatic rings. The Kier molecular flexibility index (Phi) is 6.91. The fraction of sp³-hybridized carbons (Fsp3) is 0.381. The fourth-order valence-electron chi connectivity index (χ4n) is 2.99. The van der Waals surface area contributed by atoms with E-state index in [-0.39, 0.29) is 34.9 Å². The highest BCUT2D eigenvalue weighted by Crippen LogP contribution is 2.20. The third kappa shape index (κ3) is 4.83. The summed E-state index contributed by atoms with van der Waals surface area (Å²) in [6, 6.07) is 9.99. The number of ether oxygens (including phenoxy) is 1. The topological polar surface area (TPSA) is 63.7 Å². The summed E-state index contributed by atoms with van der Waals surface area (Å²) in [5, 5.41) is 1.81. The van der Waals surface area contributed by atoms with Gasteiger partial charge in [-0.3, -0.25) is 9.59 Å². The lowest BCUT2D eigenvalue weighted by Crippen LogP contribution is -2.47. The third-order valence-corrected chi connectivity index (χ3v) is 5.00. The predicted molar refractivity (Wildman–Crippen MR) is 106 cm³/mol. The number of rotatable bonds is 7. The van der Waals surface area contributed by atoms with Crippen LogP contribution in [0.25, 0.3) is 0 Å². The Bertz CT molecular complexity index is 803. The SMILES string of the molecule is CC(C)N(C(=O)[C@H](C)OC(=O)c1ccccc1C(=O)c1cccs1)C(C)C. The lowest BCUT2D eigenvalue weighted by atomic mass is 10.0. The minimum Gasteiger partial charge on any atom is -0.449 e. The molecule has 1 aromatic carbocycles. The van der Waals surface area contributed by atoms with E-state index < -0.39 is 12.1 Å². The van der Waals surface area contributed by atoms with Gasteiger partial charge in [-0.15, -0.1) is 11.3 Å². The largest absolute Gasteiger partial charge is 0.449 e. The Morgan fingerprint density at radius 1 is 0.889 bits per heavy atom. The molecule has 0 aliphatic heterocycles. The minimum atomic E-state index is -0.938. The van der Waals surface area contributed by atoms with E-state index in [0.717, 1.165) is 0 Å². The van der Waals surface area contributed by atoms with E-state index in [4.69, 9.17) is 4.74 Å². The van der Waals surface area contributed by atoms with Crippen molar-refractivity contribution in [1.82, 2.24) is 4.90 Å². The number of hydrogen-bond acceptors (Lipinski definition) is 5. The highest BCUT2D eigenvalue weighted by Gasteiger charge is 2.29. The van der Waals surface area contributed by atoms with E-state index in [0.29, 0.717) is 4.88 Å². The molecule has 0 radical (unpaired) electrons. The Balaban J connectivity index is 2.21. The first-order valence-corrected chi connectivity index (χ1v) is 9.82. The van der Waals surface area contributed by atoms with Crippen molar-refractivity contribution in [1.29, 1.82) is 0 Å². The normalized spacial score (nSPS) is 12.1. The van der Waals surface area contributed by atoms with Crippen LogP contribution in [0.15, 0.2) is 41.8 Å². The number of carbonyl (C=O) groups is 3. The molecular weight excluding hydrogens is 362 g/mol. The summed E-state index contributed by atoms with van der Waals surface area (Å²) < 4.78 is 5.41. The maximum absolute atomic E-state index is 12.7. The fourth-order valence-corrected chi connectivity index (χ4v) is 3.67. The van der Waals surface area contributed by atoms with Crippen LogP contribution in [-0.4, -0.2) is 40.7 Å². The summed E-state index contributed by atoms with van der Waals surface area (Å²) in [7, 11) is 0. The van der Waals surface area contributed by atoms with Gasteiger partial charge in [0.2, 0.25) is 5.78 Å². The second-order valence-corrected chi connectivity index (χ2v) is 7.78. The highest BCUT2D eigenvalue weighted by molar-refractivity contribution is 7.12. The molecule has 1 atom stereocenters. The van der Waals surface area contributed by atoms with Gasteiger partial charge in [-0.2, -0.15) is 0 Å². The molecule has 0 fully saturated rings. The number of esters is 1. The average Bonchev–Trinajstić information content (AvgIpc) is 3.14. The van der Waals surface area contributed by atoms with Gasteiger partial charge < -0.3 is 9.64 Å². The number of thiophene rings is 1. The molecule has 6 heteroatoms. The molecule has 2 rings (SSSR count). The van der Waals surface area contributed by atoms with Crippen molar-refractivity contribution in [2.45, 2.75) is 52.8 Å². The number of carbonyl (C=O) groups excluding carboxylic acids is 3. The number of amides is 1. The van der Waals surface area contributed by atoms with Crippen LogP contribution in [0.4, 0.5) is 0 Å². The second kappa shape index (κ2) is 8.95. The molecule has 0 aliphatic carbocycles. The zero-order valence-electron chi connectivity index (χ0n) is 16.3. The monoisotopic (exact) mass is 387 g/mol. The van der Waals surface area contributed by atoms with Crippen molar-refractivity contribution < 1.29 is 19.1 Å². The van der Waals surface area contributed by atoms with Crippen LogP contribution in [0.2, 0.25) is 0 Å². The first-order chi connectivity index (χ1) is 12.7. The quantitative estimate of drug-likeness (QED) is 0.528. The van der Waals surface area contributed by atoms with Crippen molar-refractivity contribution in [3.63, 3.8) is 0 Å². The minimum absolute atomic E-state index is 0.00801. The van der Waals surface area contributed by atoms with Crippen LogP contribution in [0.5, 0.6) is 0 Å². The predicted octanol–water partition coefficient (Wildman–Crippen LogP) is 4.17. The van der Waals surface area contributed by atoms with Crippen LogP contribution in [0, 0.1) is 0 Å². The molecular formula is C21H25NO4S. The highest BCUT2D eigenvalue weighted by atomic mass is 32.1. The van der Waals surface area contributed by atoms with Crippen LogP contribution in [-0.2, 0) is 9.53 Å². The number of nitrogens with zero attached hydrogens (tertiary/aromatic N) is 1. The molecule has 0 spiro atoms. The van der Waals surface area contributed by atoms with E-state index >= 15 is 0 Å². The molecule has 0 aliphatic rings. The standard InChI is InChI=1S/C21H25NO4S/c1-13(2)22(14(3)4)20(24)15(5)26-21(25)17-10-7-6-9-16(17)19(23)18-11-8-12-27-18/h6-15H,1-5H3/t15-/m0/s1. The van der Waals surface area contributed by atoms with E-state index in [1.807, 2.05) is 27.7 Å². The van der Waals surface area contributed by atoms with Crippen LogP contribution in [0.1, 0.15) is 60.2 Å². The van der Waals surface area contributed by atoms with Crippen molar-refractivity contribution >= 4 is 29.0 Å². The van der Waals surface area contributed by atoms with Crippen molar-refractivity contribution in [3.05, 3.63) is 57.8 Å². The van der Waals surface area contributed by atoms with E-state index in [1.165, 1.54) is 11.3 Å². The van der Waals surface area contributed by atoms with Crippen molar-refractivity contribution in [3.8, 4) is 0 Å². The van der Waals surface area contributed by atoms with Gasteiger partial charge in [0, 0.05) is 17.6 Å². The van der Waals surface area contributed by atoms with Gasteiger partial charge in [-0.1, -0.05) is 24.3 Å². The summed E-state index contributed by atoms with van der Waals surface area (Å²) in [5.74, 6) is -1.17. The Morgan fingerprint density at radius 3 is 2.00 bits per heavy atom. The lowest BCUT2D eigenvalue weighted by Gasteiger charge is -2.32. The molecule has 0 saturated heterocycles. The number of benzene rings is 1. The van der Waals surface area contributed by atoms with Crippen molar-refractivity contribution in [2.24, 2.45) is 0 Å². The Morgan fingerprint density at radius 2 is 1.48 bits per heavy atom. The number of ketones is 1. The summed E-state index contributed by atoms with van der Waals surface area (Å²) in [5.41, 5.74) is 0.436. The summed E-state index contributed by atoms with van der Waals surface area (Å²) in [4.78, 5) is 40.3. The van der Waals surface area contributed by atoms with Gasteiger partial charge in [-0.05, 0) is 52.1 Å². The maximum Gasteiger partial charge on any atom is 0.339 e. The summed E-state index contributed by atoms with van der Waals surface area (Å²) >= 11 is 1.31. The first-order valence-electron chi connectivity index (χ1n) is 8.94. The van der Waals surface area contributed by atoms with E-state index in [2.05, 4.69) is 0 Å². The van der Waals surface area contributed by atoms with Gasteiger partial charge in [0.05, 0.1) is 10.4 Å². The molecule has 0 N–H and O–H groups in total. The molecule has 1 aromatic heterocycles. The average molecular weight is 388 g/mol. The molecule has 144 valence electrons. The number of hydrogen-bond donors (Lipinski definition) is 0. The van der Waals surface area contributed by atoms with Gasteiger partial charge in [0.1, 0.15) is 0 Å². The van der Waals surface area contributed by atoms with E-state index in [1.54, 1.807) is 53.6 Å². The molecule has 5 nitrogen and oxygen atoms in total. The van der Waals surface area contributed by atoms with Crippen LogP contribution < -0.4 is 0 Å². The molecule has 1 heterocycles. The van der Waals surface area contributed by atoms with Crippen LogP contribution in [0.3, 0.4) is 0 Å². The summed E-state index contributed by atoms with van der Waals surface area (Å²) in [6.07, 6.45) is -0.938. The first kappa shape index (κ1) is 20.8. The van der Waals surface area contributed by atoms with Gasteiger partial charge >= 0.3 is 5.97 Å². The zero-order chi connectivity index (χ0) is 20.1. The lowest BCUT2D eigenvalue weighted by molar-refractivity contribution is -0.143. The van der Waals surface area contributed by atoms with Gasteiger partial charge in [-0.25, -0.2) is 4.79 Å². The molecule has 0 saturated carbocycles. The zero-order valence-corrected chi connectivity index (χ0v) is 17.1.